The lowest BCUT2D eigenvalue weighted by molar-refractivity contribution is 0.555. The number of unbranched alkanes of at least 4 members (excludes halogenated alkanes) is 1. The Bertz CT molecular complexity index is 782. The van der Waals surface area contributed by atoms with Gasteiger partial charge in [0.2, 0.25) is 0 Å². The number of aromatic nitrogens is 4. The lowest BCUT2D eigenvalue weighted by Crippen LogP contribution is -2.39. The molecule has 0 saturated carbocycles. The van der Waals surface area contributed by atoms with Gasteiger partial charge >= 0.3 is 5.69 Å². The first-order chi connectivity index (χ1) is 10.4. The molecule has 0 aliphatic carbocycles. The summed E-state index contributed by atoms with van der Waals surface area (Å²) in [5.74, 6) is 1.02. The van der Waals surface area contributed by atoms with Crippen LogP contribution in [0.2, 0.25) is 0 Å². The monoisotopic (exact) mass is 307 g/mol. The average molecular weight is 307 g/mol. The van der Waals surface area contributed by atoms with E-state index in [1.165, 1.54) is 9.13 Å². The summed E-state index contributed by atoms with van der Waals surface area (Å²) in [6, 6.07) is 0. The Morgan fingerprint density at radius 1 is 1.18 bits per heavy atom. The quantitative estimate of drug-likeness (QED) is 0.799. The molecule has 22 heavy (non-hydrogen) atoms. The minimum absolute atomic E-state index is 0.188. The van der Waals surface area contributed by atoms with Crippen molar-refractivity contribution in [2.75, 3.05) is 6.54 Å². The number of nitrogens with two attached hydrogens (primary N) is 1. The summed E-state index contributed by atoms with van der Waals surface area (Å²) in [6.07, 6.45) is 1.51. The number of imidazole rings is 1. The zero-order valence-electron chi connectivity index (χ0n) is 13.8. The van der Waals surface area contributed by atoms with Gasteiger partial charge in [-0.2, -0.15) is 0 Å². The second-order valence-corrected chi connectivity index (χ2v) is 5.84. The summed E-state index contributed by atoms with van der Waals surface area (Å²) in [4.78, 5) is 29.7. The predicted molar refractivity (Wildman–Crippen MR) is 87.3 cm³/mol. The normalized spacial score (nSPS) is 11.7. The molecule has 0 atom stereocenters. The van der Waals surface area contributed by atoms with Gasteiger partial charge in [-0.15, -0.1) is 0 Å². The third-order valence-electron chi connectivity index (χ3n) is 3.93. The summed E-state index contributed by atoms with van der Waals surface area (Å²) < 4.78 is 4.69. The summed E-state index contributed by atoms with van der Waals surface area (Å²) in [5.41, 5.74) is 5.90. The van der Waals surface area contributed by atoms with Crippen LogP contribution in [0, 0.1) is 0 Å². The van der Waals surface area contributed by atoms with Crippen molar-refractivity contribution in [3.05, 3.63) is 26.7 Å². The molecule has 122 valence electrons. The fourth-order valence-electron chi connectivity index (χ4n) is 2.76. The third-order valence-corrected chi connectivity index (χ3v) is 3.93. The van der Waals surface area contributed by atoms with Crippen molar-refractivity contribution in [2.24, 2.45) is 12.8 Å². The van der Waals surface area contributed by atoms with E-state index in [1.807, 2.05) is 25.3 Å². The first kappa shape index (κ1) is 16.5. The van der Waals surface area contributed by atoms with E-state index in [1.54, 1.807) is 7.05 Å². The van der Waals surface area contributed by atoms with Gasteiger partial charge in [-0.3, -0.25) is 13.9 Å². The maximum absolute atomic E-state index is 12.8. The lowest BCUT2D eigenvalue weighted by atomic mass is 10.2. The molecule has 0 fully saturated rings. The van der Waals surface area contributed by atoms with E-state index < -0.39 is 0 Å². The van der Waals surface area contributed by atoms with E-state index in [0.29, 0.717) is 37.2 Å². The highest BCUT2D eigenvalue weighted by Gasteiger charge is 2.20. The van der Waals surface area contributed by atoms with Gasteiger partial charge in [0.25, 0.3) is 5.56 Å². The second kappa shape index (κ2) is 6.48. The minimum atomic E-state index is -0.314. The van der Waals surface area contributed by atoms with Crippen LogP contribution in [0.5, 0.6) is 0 Å². The SMILES string of the molecule is CCn1c(C(C)C)nc2c1c(=O)n(CCCCN)c(=O)n2C. The smallest absolute Gasteiger partial charge is 0.330 e. The molecule has 7 nitrogen and oxygen atoms in total. The number of hydrogen-bond donors (Lipinski definition) is 1. The maximum Gasteiger partial charge on any atom is 0.332 e. The molecular weight excluding hydrogens is 282 g/mol. The van der Waals surface area contributed by atoms with E-state index in [0.717, 1.165) is 12.2 Å². The Hall–Kier alpha value is -1.89. The van der Waals surface area contributed by atoms with Crippen LogP contribution in [0.4, 0.5) is 0 Å². The third kappa shape index (κ3) is 2.61. The Morgan fingerprint density at radius 2 is 1.86 bits per heavy atom. The standard InChI is InChI=1S/C15H25N5O2/c1-5-19-11-13(17-12(19)10(2)3)18(4)15(22)20(14(11)21)9-7-6-8-16/h10H,5-9,16H2,1-4H3. The van der Waals surface area contributed by atoms with Crippen molar-refractivity contribution >= 4 is 11.2 Å². The Labute approximate surface area is 129 Å². The van der Waals surface area contributed by atoms with Gasteiger partial charge in [0.05, 0.1) is 0 Å². The van der Waals surface area contributed by atoms with Crippen LogP contribution in [0.1, 0.15) is 45.4 Å². The number of rotatable bonds is 6. The van der Waals surface area contributed by atoms with Crippen LogP contribution < -0.4 is 17.0 Å². The van der Waals surface area contributed by atoms with Gasteiger partial charge in [-0.25, -0.2) is 9.78 Å². The predicted octanol–water partition coefficient (Wildman–Crippen LogP) is 0.779. The highest BCUT2D eigenvalue weighted by atomic mass is 16.2. The molecule has 0 unspecified atom stereocenters. The van der Waals surface area contributed by atoms with Gasteiger partial charge in [0.15, 0.2) is 11.2 Å². The van der Waals surface area contributed by atoms with Crippen LogP contribution in [0.3, 0.4) is 0 Å². The van der Waals surface area contributed by atoms with Crippen LogP contribution in [-0.2, 0) is 20.1 Å². The fourth-order valence-corrected chi connectivity index (χ4v) is 2.76. The Balaban J connectivity index is 2.75. The van der Waals surface area contributed by atoms with E-state index in [2.05, 4.69) is 4.98 Å². The summed E-state index contributed by atoms with van der Waals surface area (Å²) in [6.45, 7) is 7.65. The van der Waals surface area contributed by atoms with Crippen molar-refractivity contribution in [3.8, 4) is 0 Å². The Kier molecular flexibility index (Phi) is 4.85. The van der Waals surface area contributed by atoms with Crippen molar-refractivity contribution in [1.82, 2.24) is 18.7 Å². The number of hydrogen-bond acceptors (Lipinski definition) is 4. The van der Waals surface area contributed by atoms with Gasteiger partial charge in [0.1, 0.15) is 5.82 Å². The number of fused-ring (bicyclic) bond motifs is 1. The molecule has 7 heteroatoms. The van der Waals surface area contributed by atoms with Crippen LogP contribution in [0.25, 0.3) is 11.2 Å². The Morgan fingerprint density at radius 3 is 2.41 bits per heavy atom. The van der Waals surface area contributed by atoms with Crippen molar-refractivity contribution in [3.63, 3.8) is 0 Å². The van der Waals surface area contributed by atoms with E-state index in [-0.39, 0.29) is 17.2 Å². The molecule has 2 aromatic rings. The highest BCUT2D eigenvalue weighted by Crippen LogP contribution is 2.18. The highest BCUT2D eigenvalue weighted by molar-refractivity contribution is 5.71. The van der Waals surface area contributed by atoms with Crippen LogP contribution >= 0.6 is 0 Å². The van der Waals surface area contributed by atoms with Gasteiger partial charge in [-0.05, 0) is 26.3 Å². The summed E-state index contributed by atoms with van der Waals surface area (Å²) >= 11 is 0. The fraction of sp³-hybridized carbons (Fsp3) is 0.667. The van der Waals surface area contributed by atoms with Crippen LogP contribution in [-0.4, -0.2) is 25.2 Å². The topological polar surface area (TPSA) is 87.8 Å². The van der Waals surface area contributed by atoms with Gasteiger partial charge in [0, 0.05) is 26.1 Å². The molecule has 0 aromatic carbocycles. The maximum atomic E-state index is 12.8. The van der Waals surface area contributed by atoms with Crippen molar-refractivity contribution in [1.29, 1.82) is 0 Å². The van der Waals surface area contributed by atoms with E-state index in [4.69, 9.17) is 5.73 Å². The van der Waals surface area contributed by atoms with E-state index >= 15 is 0 Å². The van der Waals surface area contributed by atoms with Gasteiger partial charge in [-0.1, -0.05) is 13.8 Å². The lowest BCUT2D eigenvalue weighted by Gasteiger charge is -2.10. The molecule has 0 aliphatic heterocycles. The number of nitrogens with zero attached hydrogens (tertiary/aromatic N) is 4. The molecule has 0 amide bonds. The molecule has 0 spiro atoms. The summed E-state index contributed by atoms with van der Waals surface area (Å²) in [7, 11) is 1.67. The molecule has 2 aromatic heterocycles. The molecule has 2 N–H and O–H groups in total. The van der Waals surface area contributed by atoms with Crippen LogP contribution in [0.15, 0.2) is 9.59 Å². The summed E-state index contributed by atoms with van der Waals surface area (Å²) in [5, 5.41) is 0. The first-order valence-corrected chi connectivity index (χ1v) is 7.84. The molecule has 0 bridgehead atoms. The number of aryl methyl sites for hydroxylation is 2. The van der Waals surface area contributed by atoms with Crippen molar-refractivity contribution in [2.45, 2.75) is 52.6 Å². The molecule has 2 rings (SSSR count). The van der Waals surface area contributed by atoms with E-state index in [9.17, 15) is 9.59 Å². The molecular formula is C15H25N5O2. The average Bonchev–Trinajstić information content (AvgIpc) is 2.88. The zero-order valence-corrected chi connectivity index (χ0v) is 13.8. The molecule has 0 radical (unpaired) electrons. The minimum Gasteiger partial charge on any atom is -0.330 e. The molecule has 0 aliphatic rings. The largest absolute Gasteiger partial charge is 0.332 e. The van der Waals surface area contributed by atoms with Crippen molar-refractivity contribution < 1.29 is 0 Å². The molecule has 0 saturated heterocycles. The zero-order chi connectivity index (χ0) is 16.4. The first-order valence-electron chi connectivity index (χ1n) is 7.84. The second-order valence-electron chi connectivity index (χ2n) is 5.84. The molecule has 2 heterocycles. The van der Waals surface area contributed by atoms with Gasteiger partial charge < -0.3 is 10.3 Å².